The summed E-state index contributed by atoms with van der Waals surface area (Å²) in [6, 6.07) is 18.7. The van der Waals surface area contributed by atoms with Crippen molar-refractivity contribution in [1.29, 1.82) is 0 Å². The Morgan fingerprint density at radius 2 is 1.56 bits per heavy atom. The van der Waals surface area contributed by atoms with Crippen LogP contribution in [0.1, 0.15) is 18.1 Å². The Balaban J connectivity index is 2.06. The van der Waals surface area contributed by atoms with Crippen molar-refractivity contribution in [2.45, 2.75) is 31.3 Å². The molecule has 0 saturated heterocycles. The molecule has 0 bridgehead atoms. The maximum Gasteiger partial charge on any atom is 0.264 e. The van der Waals surface area contributed by atoms with E-state index in [4.69, 9.17) is 23.2 Å². The van der Waals surface area contributed by atoms with E-state index in [2.05, 4.69) is 5.32 Å². The summed E-state index contributed by atoms with van der Waals surface area (Å²) in [7, 11) is -2.67. The Labute approximate surface area is 221 Å². The Morgan fingerprint density at radius 3 is 2.17 bits per heavy atom. The van der Waals surface area contributed by atoms with Crippen LogP contribution in [0.4, 0.5) is 5.69 Å². The number of hydrogen-bond donors (Lipinski definition) is 1. The molecule has 0 aromatic heterocycles. The number of likely N-dealkylation sites (N-methyl/N-ethyl adjacent to an activating group) is 1. The third kappa shape index (κ3) is 6.37. The lowest BCUT2D eigenvalue weighted by Crippen LogP contribution is -2.50. The van der Waals surface area contributed by atoms with Gasteiger partial charge in [-0.25, -0.2) is 8.42 Å². The molecular weight excluding hydrogens is 521 g/mol. The first-order valence-electron chi connectivity index (χ1n) is 11.1. The van der Waals surface area contributed by atoms with Crippen molar-refractivity contribution in [2.75, 3.05) is 17.9 Å². The number of benzene rings is 3. The average Bonchev–Trinajstić information content (AvgIpc) is 2.87. The lowest BCUT2D eigenvalue weighted by Gasteiger charge is -2.32. The summed E-state index contributed by atoms with van der Waals surface area (Å²) >= 11 is 12.2. The van der Waals surface area contributed by atoms with Crippen molar-refractivity contribution in [3.05, 3.63) is 94.0 Å². The fraction of sp³-hybridized carbons (Fsp3) is 0.231. The molecule has 10 heteroatoms. The van der Waals surface area contributed by atoms with Crippen molar-refractivity contribution in [1.82, 2.24) is 10.2 Å². The lowest BCUT2D eigenvalue weighted by molar-refractivity contribution is -0.139. The summed E-state index contributed by atoms with van der Waals surface area (Å²) < 4.78 is 28.5. The van der Waals surface area contributed by atoms with Gasteiger partial charge in [-0.2, -0.15) is 0 Å². The molecule has 1 N–H and O–H groups in total. The van der Waals surface area contributed by atoms with Gasteiger partial charge >= 0.3 is 0 Å². The van der Waals surface area contributed by atoms with E-state index < -0.39 is 28.5 Å². The van der Waals surface area contributed by atoms with Crippen LogP contribution in [0, 0.1) is 6.92 Å². The van der Waals surface area contributed by atoms with Gasteiger partial charge in [0.2, 0.25) is 11.8 Å². The van der Waals surface area contributed by atoms with Crippen LogP contribution >= 0.6 is 23.2 Å². The highest BCUT2D eigenvalue weighted by atomic mass is 35.5. The maximum absolute atomic E-state index is 13.7. The summed E-state index contributed by atoms with van der Waals surface area (Å²) in [6.45, 7) is 2.88. The second-order valence-corrected chi connectivity index (χ2v) is 10.9. The molecule has 0 spiro atoms. The average molecular weight is 548 g/mol. The van der Waals surface area contributed by atoms with E-state index in [1.165, 1.54) is 30.1 Å². The molecule has 36 heavy (non-hydrogen) atoms. The second-order valence-electron chi connectivity index (χ2n) is 8.19. The van der Waals surface area contributed by atoms with E-state index in [9.17, 15) is 18.0 Å². The number of aryl methyl sites for hydroxylation is 1. The second kappa shape index (κ2) is 11.8. The molecule has 1 atom stereocenters. The molecule has 2 amide bonds. The number of sulfonamides is 1. The van der Waals surface area contributed by atoms with Crippen LogP contribution in [0.3, 0.4) is 0 Å². The molecule has 0 saturated carbocycles. The van der Waals surface area contributed by atoms with Crippen molar-refractivity contribution in [2.24, 2.45) is 0 Å². The van der Waals surface area contributed by atoms with E-state index >= 15 is 0 Å². The minimum absolute atomic E-state index is 0.0285. The molecule has 0 aliphatic rings. The van der Waals surface area contributed by atoms with Gasteiger partial charge in [0, 0.05) is 23.6 Å². The van der Waals surface area contributed by atoms with Crippen molar-refractivity contribution < 1.29 is 18.0 Å². The number of amides is 2. The molecule has 0 fully saturated rings. The lowest BCUT2D eigenvalue weighted by atomic mass is 10.1. The Morgan fingerprint density at radius 1 is 0.944 bits per heavy atom. The van der Waals surface area contributed by atoms with Gasteiger partial charge in [0.1, 0.15) is 12.6 Å². The van der Waals surface area contributed by atoms with Gasteiger partial charge in [0.15, 0.2) is 0 Å². The minimum Gasteiger partial charge on any atom is -0.357 e. The third-order valence-electron chi connectivity index (χ3n) is 5.73. The Bertz CT molecular complexity index is 1330. The molecule has 0 aliphatic heterocycles. The zero-order valence-electron chi connectivity index (χ0n) is 20.1. The third-order valence-corrected chi connectivity index (χ3v) is 7.99. The van der Waals surface area contributed by atoms with Crippen LogP contribution in [-0.2, 0) is 26.2 Å². The van der Waals surface area contributed by atoms with Crippen LogP contribution in [-0.4, -0.2) is 44.8 Å². The highest BCUT2D eigenvalue weighted by Gasteiger charge is 2.33. The van der Waals surface area contributed by atoms with E-state index in [0.29, 0.717) is 15.6 Å². The quantitative estimate of drug-likeness (QED) is 0.422. The topological polar surface area (TPSA) is 86.8 Å². The first-order chi connectivity index (χ1) is 17.0. The fourth-order valence-corrected chi connectivity index (χ4v) is 5.45. The van der Waals surface area contributed by atoms with Crippen molar-refractivity contribution >= 4 is 50.7 Å². The van der Waals surface area contributed by atoms with Crippen LogP contribution in [0.15, 0.2) is 77.7 Å². The number of rotatable bonds is 9. The number of nitrogens with one attached hydrogen (secondary N) is 1. The highest BCUT2D eigenvalue weighted by Crippen LogP contribution is 2.30. The van der Waals surface area contributed by atoms with E-state index in [1.54, 1.807) is 68.4 Å². The van der Waals surface area contributed by atoms with Gasteiger partial charge in [0.25, 0.3) is 10.0 Å². The molecule has 190 valence electrons. The van der Waals surface area contributed by atoms with E-state index in [0.717, 1.165) is 9.87 Å². The summed E-state index contributed by atoms with van der Waals surface area (Å²) in [4.78, 5) is 27.6. The smallest absolute Gasteiger partial charge is 0.264 e. The van der Waals surface area contributed by atoms with Gasteiger partial charge in [-0.05, 0) is 61.4 Å². The van der Waals surface area contributed by atoms with Crippen LogP contribution in [0.25, 0.3) is 0 Å². The standard InChI is InChI=1S/C26H27Cl2N3O4S/c1-18-9-12-22(28)15-24(18)31(36(34,35)23-7-5-4-6-8-23)17-25(32)30(19(2)26(33)29-3)16-20-10-13-21(27)14-11-20/h4-15,19H,16-17H2,1-3H3,(H,29,33). The Kier molecular flexibility index (Phi) is 9.00. The first kappa shape index (κ1) is 27.5. The maximum atomic E-state index is 13.7. The highest BCUT2D eigenvalue weighted by molar-refractivity contribution is 7.92. The first-order valence-corrected chi connectivity index (χ1v) is 13.3. The molecule has 7 nitrogen and oxygen atoms in total. The number of nitrogens with zero attached hydrogens (tertiary/aromatic N) is 2. The largest absolute Gasteiger partial charge is 0.357 e. The molecule has 1 unspecified atom stereocenters. The van der Waals surface area contributed by atoms with E-state index in [1.807, 2.05) is 0 Å². The van der Waals surface area contributed by atoms with Crippen LogP contribution in [0.2, 0.25) is 10.0 Å². The summed E-state index contributed by atoms with van der Waals surface area (Å²) in [5.74, 6) is -0.936. The number of anilines is 1. The summed E-state index contributed by atoms with van der Waals surface area (Å²) in [6.07, 6.45) is 0. The predicted octanol–water partition coefficient (Wildman–Crippen LogP) is 4.66. The molecule has 0 heterocycles. The molecular formula is C26H27Cl2N3O4S. The van der Waals surface area contributed by atoms with Crippen molar-refractivity contribution in [3.8, 4) is 0 Å². The van der Waals surface area contributed by atoms with E-state index in [-0.39, 0.29) is 23.0 Å². The molecule has 3 aromatic carbocycles. The monoisotopic (exact) mass is 547 g/mol. The van der Waals surface area contributed by atoms with Gasteiger partial charge in [-0.15, -0.1) is 0 Å². The predicted molar refractivity (Wildman–Crippen MR) is 143 cm³/mol. The molecule has 3 rings (SSSR count). The number of halogens is 2. The van der Waals surface area contributed by atoms with Gasteiger partial charge in [-0.1, -0.05) is 59.6 Å². The fourth-order valence-electron chi connectivity index (χ4n) is 3.66. The minimum atomic E-state index is -4.14. The summed E-state index contributed by atoms with van der Waals surface area (Å²) in [5.41, 5.74) is 1.63. The Hall–Kier alpha value is -3.07. The SMILES string of the molecule is CNC(=O)C(C)N(Cc1ccc(Cl)cc1)C(=O)CN(c1cc(Cl)ccc1C)S(=O)(=O)c1ccccc1. The normalized spacial score (nSPS) is 12.0. The van der Waals surface area contributed by atoms with Gasteiger partial charge < -0.3 is 10.2 Å². The number of carbonyl (C=O) groups is 2. The van der Waals surface area contributed by atoms with Gasteiger partial charge in [0.05, 0.1) is 10.6 Å². The number of hydrogen-bond acceptors (Lipinski definition) is 4. The summed E-state index contributed by atoms with van der Waals surface area (Å²) in [5, 5.41) is 3.41. The zero-order chi connectivity index (χ0) is 26.5. The number of carbonyl (C=O) groups excluding carboxylic acids is 2. The van der Waals surface area contributed by atoms with Crippen LogP contribution in [0.5, 0.6) is 0 Å². The van der Waals surface area contributed by atoms with Crippen molar-refractivity contribution in [3.63, 3.8) is 0 Å². The zero-order valence-corrected chi connectivity index (χ0v) is 22.4. The van der Waals surface area contributed by atoms with Crippen LogP contribution < -0.4 is 9.62 Å². The molecule has 3 aromatic rings. The molecule has 0 aliphatic carbocycles. The molecule has 0 radical (unpaired) electrons. The van der Waals surface area contributed by atoms with Gasteiger partial charge in [-0.3, -0.25) is 13.9 Å².